The van der Waals surface area contributed by atoms with Crippen LogP contribution in [0.1, 0.15) is 37.3 Å². The minimum Gasteiger partial charge on any atom is -0.284 e. The molecule has 0 amide bonds. The zero-order valence-electron chi connectivity index (χ0n) is 12.9. The molecular weight excluding hydrogens is 302 g/mol. The number of hydrogen-bond acceptors (Lipinski definition) is 5. The highest BCUT2D eigenvalue weighted by molar-refractivity contribution is 7.99. The molecule has 0 saturated heterocycles. The number of hydrogen-bond donors (Lipinski definition) is 0. The number of thioether (sulfide) groups is 1. The third kappa shape index (κ3) is 2.99. The Labute approximate surface area is 132 Å². The lowest BCUT2D eigenvalue weighted by molar-refractivity contribution is 0.519. The van der Waals surface area contributed by atoms with Crippen LogP contribution in [0.3, 0.4) is 0 Å². The van der Waals surface area contributed by atoms with Crippen LogP contribution in [0.5, 0.6) is 0 Å². The Morgan fingerprint density at radius 2 is 2.05 bits per heavy atom. The minimum atomic E-state index is -0.0602. The Balaban J connectivity index is 2.62. The summed E-state index contributed by atoms with van der Waals surface area (Å²) in [6.45, 7) is 9.85. The van der Waals surface area contributed by atoms with E-state index in [1.807, 2.05) is 34.6 Å². The van der Waals surface area contributed by atoms with Crippen molar-refractivity contribution >= 4 is 33.3 Å². The summed E-state index contributed by atoms with van der Waals surface area (Å²) in [4.78, 5) is 19.4. The molecule has 0 spiro atoms. The maximum atomic E-state index is 12.8. The van der Waals surface area contributed by atoms with Gasteiger partial charge in [-0.2, -0.15) is 5.26 Å². The average Bonchev–Trinajstić information content (AvgIpc) is 2.71. The fourth-order valence-corrected chi connectivity index (χ4v) is 4.22. The minimum absolute atomic E-state index is 0.0314. The van der Waals surface area contributed by atoms with Crippen molar-refractivity contribution in [1.29, 1.82) is 5.26 Å². The van der Waals surface area contributed by atoms with Gasteiger partial charge < -0.3 is 0 Å². The molecule has 0 aliphatic rings. The zero-order chi connectivity index (χ0) is 15.7. The molecule has 0 fully saturated rings. The summed E-state index contributed by atoms with van der Waals surface area (Å²) < 4.78 is 1.75. The van der Waals surface area contributed by atoms with Crippen LogP contribution in [-0.2, 0) is 0 Å². The molecule has 4 nitrogen and oxygen atoms in total. The monoisotopic (exact) mass is 321 g/mol. The molecule has 0 saturated carbocycles. The topological polar surface area (TPSA) is 58.7 Å². The molecule has 0 bridgehead atoms. The van der Waals surface area contributed by atoms with E-state index < -0.39 is 0 Å². The van der Waals surface area contributed by atoms with Gasteiger partial charge in [-0.05, 0) is 40.2 Å². The molecule has 2 aromatic heterocycles. The van der Waals surface area contributed by atoms with Crippen LogP contribution in [0.4, 0.5) is 0 Å². The maximum Gasteiger partial charge on any atom is 0.263 e. The van der Waals surface area contributed by atoms with Crippen molar-refractivity contribution < 1.29 is 0 Å². The van der Waals surface area contributed by atoms with E-state index in [-0.39, 0.29) is 17.5 Å². The van der Waals surface area contributed by atoms with Gasteiger partial charge in [0.25, 0.3) is 5.56 Å². The second-order valence-corrected chi connectivity index (χ2v) is 7.66. The molecule has 0 aliphatic carbocycles. The van der Waals surface area contributed by atoms with E-state index in [1.54, 1.807) is 15.9 Å². The van der Waals surface area contributed by atoms with Crippen molar-refractivity contribution in [2.45, 2.75) is 45.8 Å². The highest BCUT2D eigenvalue weighted by Gasteiger charge is 2.18. The summed E-state index contributed by atoms with van der Waals surface area (Å²) in [7, 11) is 0. The largest absolute Gasteiger partial charge is 0.284 e. The number of nitrogens with zero attached hydrogens (tertiary/aromatic N) is 3. The van der Waals surface area contributed by atoms with Gasteiger partial charge in [0.15, 0.2) is 5.16 Å². The van der Waals surface area contributed by atoms with Gasteiger partial charge in [-0.3, -0.25) is 9.36 Å². The van der Waals surface area contributed by atoms with Crippen molar-refractivity contribution in [2.24, 2.45) is 5.92 Å². The first-order chi connectivity index (χ1) is 9.86. The van der Waals surface area contributed by atoms with E-state index in [0.29, 0.717) is 10.9 Å². The first-order valence-corrected chi connectivity index (χ1v) is 8.71. The second-order valence-electron chi connectivity index (χ2n) is 5.47. The molecular formula is C15H19N3OS2. The van der Waals surface area contributed by atoms with E-state index in [9.17, 15) is 4.79 Å². The van der Waals surface area contributed by atoms with E-state index in [4.69, 9.17) is 5.26 Å². The summed E-state index contributed by atoms with van der Waals surface area (Å²) in [5.74, 6) is 0.583. The van der Waals surface area contributed by atoms with Crippen molar-refractivity contribution in [3.8, 4) is 6.07 Å². The Morgan fingerprint density at radius 3 is 2.62 bits per heavy atom. The molecule has 0 aliphatic heterocycles. The van der Waals surface area contributed by atoms with Gasteiger partial charge in [-0.25, -0.2) is 4.98 Å². The lowest BCUT2D eigenvalue weighted by atomic mass is 10.2. The molecule has 0 radical (unpaired) electrons. The van der Waals surface area contributed by atoms with E-state index in [1.165, 1.54) is 11.8 Å². The molecule has 2 heterocycles. The fraction of sp³-hybridized carbons (Fsp3) is 0.533. The first kappa shape index (κ1) is 16.1. The summed E-state index contributed by atoms with van der Waals surface area (Å²) in [5, 5.41) is 10.4. The van der Waals surface area contributed by atoms with Crippen molar-refractivity contribution in [3.63, 3.8) is 0 Å². The lowest BCUT2D eigenvalue weighted by Crippen LogP contribution is -2.25. The summed E-state index contributed by atoms with van der Waals surface area (Å²) >= 11 is 3.05. The molecule has 1 atom stereocenters. The number of thiophene rings is 1. The molecule has 0 unspecified atom stereocenters. The van der Waals surface area contributed by atoms with E-state index in [2.05, 4.69) is 11.1 Å². The predicted molar refractivity (Wildman–Crippen MR) is 89.2 cm³/mol. The van der Waals surface area contributed by atoms with Gasteiger partial charge in [-0.15, -0.1) is 11.3 Å². The summed E-state index contributed by atoms with van der Waals surface area (Å²) in [5.41, 5.74) is 1.06. The lowest BCUT2D eigenvalue weighted by Gasteiger charge is -2.15. The quantitative estimate of drug-likeness (QED) is 0.633. The van der Waals surface area contributed by atoms with Crippen LogP contribution in [-0.4, -0.2) is 15.3 Å². The van der Waals surface area contributed by atoms with Gasteiger partial charge in [0, 0.05) is 16.7 Å². The second kappa shape index (κ2) is 6.20. The summed E-state index contributed by atoms with van der Waals surface area (Å²) in [6.07, 6.45) is 0. The predicted octanol–water partition coefficient (Wildman–Crippen LogP) is 3.91. The number of aryl methyl sites for hydroxylation is 2. The van der Waals surface area contributed by atoms with Crippen LogP contribution in [0.2, 0.25) is 0 Å². The number of aromatic nitrogens is 2. The van der Waals surface area contributed by atoms with Gasteiger partial charge in [0.05, 0.1) is 17.4 Å². The third-order valence-corrected chi connectivity index (χ3v) is 5.72. The van der Waals surface area contributed by atoms with Gasteiger partial charge in [0.2, 0.25) is 0 Å². The number of fused-ring (bicyclic) bond motifs is 1. The zero-order valence-corrected chi connectivity index (χ0v) is 14.6. The first-order valence-electron chi connectivity index (χ1n) is 6.91. The molecule has 2 aromatic rings. The smallest absolute Gasteiger partial charge is 0.263 e. The Bertz CT molecular complexity index is 768. The van der Waals surface area contributed by atoms with Crippen molar-refractivity contribution in [3.05, 3.63) is 20.8 Å². The van der Waals surface area contributed by atoms with Crippen molar-refractivity contribution in [2.75, 3.05) is 5.75 Å². The molecule has 2 rings (SSSR count). The number of nitriles is 1. The average molecular weight is 321 g/mol. The molecule has 21 heavy (non-hydrogen) atoms. The van der Waals surface area contributed by atoms with Crippen LogP contribution in [0.25, 0.3) is 10.2 Å². The SMILES string of the molecule is Cc1sc2nc(SC[C@@H](C)C#N)n(C(C)C)c(=O)c2c1C. The van der Waals surface area contributed by atoms with Crippen LogP contribution < -0.4 is 5.56 Å². The van der Waals surface area contributed by atoms with Crippen LogP contribution >= 0.6 is 23.1 Å². The number of rotatable bonds is 4. The van der Waals surface area contributed by atoms with Gasteiger partial charge in [-0.1, -0.05) is 11.8 Å². The third-order valence-electron chi connectivity index (χ3n) is 3.40. The highest BCUT2D eigenvalue weighted by atomic mass is 32.2. The Kier molecular flexibility index (Phi) is 4.74. The normalized spacial score (nSPS) is 12.8. The van der Waals surface area contributed by atoms with Gasteiger partial charge >= 0.3 is 0 Å². The molecule has 112 valence electrons. The molecule has 0 aromatic carbocycles. The maximum absolute atomic E-state index is 12.8. The fourth-order valence-electron chi connectivity index (χ4n) is 2.08. The van der Waals surface area contributed by atoms with Crippen molar-refractivity contribution in [1.82, 2.24) is 9.55 Å². The van der Waals surface area contributed by atoms with E-state index >= 15 is 0 Å². The molecule has 6 heteroatoms. The Hall–Kier alpha value is -1.32. The molecule has 0 N–H and O–H groups in total. The van der Waals surface area contributed by atoms with E-state index in [0.717, 1.165) is 20.7 Å². The Morgan fingerprint density at radius 1 is 1.38 bits per heavy atom. The summed E-state index contributed by atoms with van der Waals surface area (Å²) in [6, 6.07) is 2.27. The highest BCUT2D eigenvalue weighted by Crippen LogP contribution is 2.29. The van der Waals surface area contributed by atoms with Gasteiger partial charge in [0.1, 0.15) is 4.83 Å². The van der Waals surface area contributed by atoms with Crippen LogP contribution in [0, 0.1) is 31.1 Å². The van der Waals surface area contributed by atoms with Crippen LogP contribution in [0.15, 0.2) is 9.95 Å². The standard InChI is InChI=1S/C15H19N3OS2/c1-8(2)18-14(19)12-10(4)11(5)21-13(12)17-15(18)20-7-9(3)6-16/h8-9H,7H2,1-5H3/t9-/m0/s1.